The molecule has 0 aliphatic heterocycles. The molecule has 0 saturated carbocycles. The topological polar surface area (TPSA) is 103 Å². The Bertz CT molecular complexity index is 1120. The summed E-state index contributed by atoms with van der Waals surface area (Å²) in [5.41, 5.74) is 0.167. The van der Waals surface area contributed by atoms with Gasteiger partial charge in [-0.15, -0.1) is 0 Å². The molecule has 0 fully saturated rings. The number of methoxy groups -OCH3 is 4. The average molecular weight is 527 g/mol. The Labute approximate surface area is 212 Å². The van der Waals surface area contributed by atoms with Gasteiger partial charge in [-0.25, -0.2) is 8.42 Å². The van der Waals surface area contributed by atoms with Gasteiger partial charge in [0.2, 0.25) is 5.91 Å². The molecule has 194 valence electrons. The molecule has 0 aromatic heterocycles. The third-order valence-corrected chi connectivity index (χ3v) is 7.87. The first kappa shape index (κ1) is 28.4. The van der Waals surface area contributed by atoms with E-state index in [-0.39, 0.29) is 26.8 Å². The van der Waals surface area contributed by atoms with Crippen LogP contribution in [0.4, 0.5) is 5.69 Å². The van der Waals surface area contributed by atoms with E-state index in [1.54, 1.807) is 23.9 Å². The second-order valence-electron chi connectivity index (χ2n) is 8.38. The van der Waals surface area contributed by atoms with Gasteiger partial charge < -0.3 is 24.3 Å². The summed E-state index contributed by atoms with van der Waals surface area (Å²) in [4.78, 5) is 12.8. The van der Waals surface area contributed by atoms with Gasteiger partial charge in [-0.05, 0) is 24.3 Å². The van der Waals surface area contributed by atoms with Gasteiger partial charge in [0.25, 0.3) is 10.0 Å². The normalized spacial score (nSPS) is 11.5. The zero-order valence-corrected chi connectivity index (χ0v) is 22.8. The lowest BCUT2D eigenvalue weighted by Crippen LogP contribution is -2.41. The number of carbonyl (C=O) groups is 1. The van der Waals surface area contributed by atoms with E-state index in [0.29, 0.717) is 23.8 Å². The summed E-state index contributed by atoms with van der Waals surface area (Å²) in [5.74, 6) is 1.55. The third kappa shape index (κ3) is 7.60. The molecule has 11 heteroatoms. The van der Waals surface area contributed by atoms with Crippen LogP contribution in [0.15, 0.2) is 41.3 Å². The number of anilines is 1. The molecule has 0 aliphatic carbocycles. The van der Waals surface area contributed by atoms with Crippen molar-refractivity contribution >= 4 is 33.4 Å². The van der Waals surface area contributed by atoms with Crippen LogP contribution >= 0.6 is 11.8 Å². The van der Waals surface area contributed by atoms with Crippen molar-refractivity contribution in [1.82, 2.24) is 5.32 Å². The maximum absolute atomic E-state index is 13.8. The smallest absolute Gasteiger partial charge is 0.265 e. The fourth-order valence-corrected chi connectivity index (χ4v) is 5.39. The number of sulfonamides is 1. The minimum atomic E-state index is -4.22. The number of hydrogen-bond acceptors (Lipinski definition) is 8. The number of benzene rings is 2. The van der Waals surface area contributed by atoms with Crippen LogP contribution in [-0.2, 0) is 14.8 Å². The number of hydrogen-bond donors (Lipinski definition) is 1. The molecule has 35 heavy (non-hydrogen) atoms. The zero-order valence-electron chi connectivity index (χ0n) is 21.2. The predicted molar refractivity (Wildman–Crippen MR) is 139 cm³/mol. The monoisotopic (exact) mass is 526 g/mol. The average Bonchev–Trinajstić information content (AvgIpc) is 2.83. The highest BCUT2D eigenvalue weighted by molar-refractivity contribution is 8.00. The van der Waals surface area contributed by atoms with Gasteiger partial charge in [0, 0.05) is 29.2 Å². The zero-order chi connectivity index (χ0) is 26.2. The van der Waals surface area contributed by atoms with Crippen LogP contribution in [0.2, 0.25) is 0 Å². The fraction of sp³-hybridized carbons (Fsp3) is 0.458. The lowest BCUT2D eigenvalue weighted by atomic mass is 10.2. The highest BCUT2D eigenvalue weighted by Gasteiger charge is 2.31. The maximum atomic E-state index is 13.8. The number of nitrogens with one attached hydrogen (secondary N) is 1. The van der Waals surface area contributed by atoms with E-state index in [0.717, 1.165) is 4.31 Å². The fourth-order valence-electron chi connectivity index (χ4n) is 3.13. The second kappa shape index (κ2) is 12.3. The molecule has 1 N–H and O–H groups in total. The van der Waals surface area contributed by atoms with Crippen molar-refractivity contribution in [3.8, 4) is 23.0 Å². The second-order valence-corrected chi connectivity index (χ2v) is 12.2. The summed E-state index contributed by atoms with van der Waals surface area (Å²) in [6.07, 6.45) is 0. The molecule has 0 heterocycles. The van der Waals surface area contributed by atoms with Gasteiger partial charge in [0.05, 0.1) is 39.0 Å². The van der Waals surface area contributed by atoms with Crippen LogP contribution in [0.1, 0.15) is 20.8 Å². The van der Waals surface area contributed by atoms with Crippen LogP contribution in [-0.4, -0.2) is 66.4 Å². The van der Waals surface area contributed by atoms with E-state index in [2.05, 4.69) is 26.1 Å². The Morgan fingerprint density at radius 3 is 2.11 bits per heavy atom. The van der Waals surface area contributed by atoms with E-state index < -0.39 is 22.5 Å². The summed E-state index contributed by atoms with van der Waals surface area (Å²) in [5, 5.41) is 2.80. The lowest BCUT2D eigenvalue weighted by molar-refractivity contribution is -0.119. The molecular formula is C24H34N2O7S2. The van der Waals surface area contributed by atoms with Gasteiger partial charge in [-0.3, -0.25) is 9.10 Å². The van der Waals surface area contributed by atoms with Gasteiger partial charge in [-0.1, -0.05) is 20.8 Å². The molecule has 1 amide bonds. The van der Waals surface area contributed by atoms with Crippen molar-refractivity contribution in [2.75, 3.05) is 51.6 Å². The molecule has 0 saturated heterocycles. The predicted octanol–water partition coefficient (Wildman–Crippen LogP) is 3.56. The Morgan fingerprint density at radius 1 is 0.914 bits per heavy atom. The van der Waals surface area contributed by atoms with Gasteiger partial charge in [-0.2, -0.15) is 11.8 Å². The summed E-state index contributed by atoms with van der Waals surface area (Å²) in [7, 11) is 1.55. The van der Waals surface area contributed by atoms with Crippen LogP contribution in [0.25, 0.3) is 0 Å². The number of carbonyl (C=O) groups excluding carboxylic acids is 1. The van der Waals surface area contributed by atoms with Crippen LogP contribution in [0.3, 0.4) is 0 Å². The highest BCUT2D eigenvalue weighted by Crippen LogP contribution is 2.37. The maximum Gasteiger partial charge on any atom is 0.265 e. The Hall–Kier alpha value is -2.79. The Morgan fingerprint density at radius 2 is 1.54 bits per heavy atom. The standard InChI is InChI=1S/C24H34N2O7S2/c1-24(2,3)34-13-12-25-23(27)16-26(19-14-17(30-4)8-10-20(19)31-5)35(28,29)18-9-11-21(32-6)22(15-18)33-7/h8-11,14-15H,12-13,16H2,1-7H3,(H,25,27). The molecule has 9 nitrogen and oxygen atoms in total. The first-order valence-corrected chi connectivity index (χ1v) is 13.3. The third-order valence-electron chi connectivity index (χ3n) is 4.84. The van der Waals surface area contributed by atoms with Crippen molar-refractivity contribution in [2.45, 2.75) is 30.4 Å². The van der Waals surface area contributed by atoms with Crippen LogP contribution in [0, 0.1) is 0 Å². The van der Waals surface area contributed by atoms with Gasteiger partial charge >= 0.3 is 0 Å². The van der Waals surface area contributed by atoms with E-state index in [9.17, 15) is 13.2 Å². The van der Waals surface area contributed by atoms with E-state index in [1.807, 2.05) is 0 Å². The summed E-state index contributed by atoms with van der Waals surface area (Å²) < 4.78 is 49.9. The molecule has 0 radical (unpaired) electrons. The number of thioether (sulfide) groups is 1. The summed E-state index contributed by atoms with van der Waals surface area (Å²) >= 11 is 1.70. The van der Waals surface area contributed by atoms with Crippen molar-refractivity contribution < 1.29 is 32.2 Å². The van der Waals surface area contributed by atoms with E-state index >= 15 is 0 Å². The molecule has 2 rings (SSSR count). The van der Waals surface area contributed by atoms with Crippen LogP contribution < -0.4 is 28.6 Å². The molecule has 0 aliphatic rings. The van der Waals surface area contributed by atoms with E-state index in [1.165, 1.54) is 52.7 Å². The summed E-state index contributed by atoms with van der Waals surface area (Å²) in [6.45, 7) is 6.21. The van der Waals surface area contributed by atoms with Crippen molar-refractivity contribution in [3.05, 3.63) is 36.4 Å². The molecule has 0 atom stereocenters. The SMILES string of the molecule is COc1ccc(OC)c(N(CC(=O)NCCSC(C)(C)C)S(=O)(=O)c2ccc(OC)c(OC)c2)c1. The highest BCUT2D eigenvalue weighted by atomic mass is 32.2. The summed E-state index contributed by atoms with van der Waals surface area (Å²) in [6, 6.07) is 8.99. The van der Waals surface area contributed by atoms with Gasteiger partial charge in [0.1, 0.15) is 18.0 Å². The van der Waals surface area contributed by atoms with Gasteiger partial charge in [0.15, 0.2) is 11.5 Å². The Balaban J connectivity index is 2.47. The first-order valence-electron chi connectivity index (χ1n) is 10.8. The van der Waals surface area contributed by atoms with Crippen molar-refractivity contribution in [2.24, 2.45) is 0 Å². The largest absolute Gasteiger partial charge is 0.497 e. The minimum absolute atomic E-state index is 0.0570. The lowest BCUT2D eigenvalue weighted by Gasteiger charge is -2.26. The number of nitrogens with zero attached hydrogens (tertiary/aromatic N) is 1. The molecule has 0 unspecified atom stereocenters. The molecule has 2 aromatic carbocycles. The first-order chi connectivity index (χ1) is 16.5. The quantitative estimate of drug-likeness (QED) is 0.419. The minimum Gasteiger partial charge on any atom is -0.497 e. The number of rotatable bonds is 12. The molecule has 0 spiro atoms. The van der Waals surface area contributed by atoms with Crippen LogP contribution in [0.5, 0.6) is 23.0 Å². The Kier molecular flexibility index (Phi) is 9.96. The van der Waals surface area contributed by atoms with Crippen molar-refractivity contribution in [3.63, 3.8) is 0 Å². The number of amides is 1. The van der Waals surface area contributed by atoms with Crippen molar-refractivity contribution in [1.29, 1.82) is 0 Å². The van der Waals surface area contributed by atoms with E-state index in [4.69, 9.17) is 18.9 Å². The molecular weight excluding hydrogens is 492 g/mol. The molecule has 0 bridgehead atoms. The molecule has 2 aromatic rings. The number of ether oxygens (including phenoxy) is 4.